The fourth-order valence-corrected chi connectivity index (χ4v) is 9.17. The average molecular weight is 657 g/mol. The van der Waals surface area contributed by atoms with Crippen LogP contribution in [-0.2, 0) is 0 Å². The molecule has 0 saturated heterocycles. The van der Waals surface area contributed by atoms with Crippen LogP contribution in [0.5, 0.6) is 0 Å². The molecule has 0 aliphatic heterocycles. The molecule has 11 rings (SSSR count). The van der Waals surface area contributed by atoms with Gasteiger partial charge in [-0.1, -0.05) is 103 Å². The number of para-hydroxylation sites is 4. The van der Waals surface area contributed by atoms with Crippen LogP contribution in [0.1, 0.15) is 0 Å². The molecule has 234 valence electrons. The lowest BCUT2D eigenvalue weighted by Gasteiger charge is -2.27. The van der Waals surface area contributed by atoms with Crippen LogP contribution in [0.15, 0.2) is 174 Å². The maximum Gasteiger partial charge on any atom is 0.137 e. The van der Waals surface area contributed by atoms with E-state index in [4.69, 9.17) is 4.42 Å². The van der Waals surface area contributed by atoms with Crippen LogP contribution in [0.25, 0.3) is 80.4 Å². The quantitative estimate of drug-likeness (QED) is 0.188. The first-order valence-corrected chi connectivity index (χ1v) is 17.7. The first-order chi connectivity index (χ1) is 24.8. The van der Waals surface area contributed by atoms with Crippen molar-refractivity contribution in [2.24, 2.45) is 0 Å². The molecule has 3 nitrogen and oxygen atoms in total. The molecule has 8 aromatic carbocycles. The number of hydrogen-bond donors (Lipinski definition) is 0. The lowest BCUT2D eigenvalue weighted by atomic mass is 10.0. The van der Waals surface area contributed by atoms with Crippen molar-refractivity contribution >= 4 is 103 Å². The van der Waals surface area contributed by atoms with Gasteiger partial charge in [0.1, 0.15) is 11.2 Å². The van der Waals surface area contributed by atoms with Crippen molar-refractivity contribution < 1.29 is 4.42 Å². The van der Waals surface area contributed by atoms with Gasteiger partial charge in [0.25, 0.3) is 0 Å². The summed E-state index contributed by atoms with van der Waals surface area (Å²) in [6.45, 7) is 0. The second-order valence-electron chi connectivity index (χ2n) is 12.9. The summed E-state index contributed by atoms with van der Waals surface area (Å²) in [5.74, 6) is 0. The van der Waals surface area contributed by atoms with Crippen LogP contribution in [0, 0.1) is 0 Å². The molecule has 3 aromatic heterocycles. The van der Waals surface area contributed by atoms with Crippen LogP contribution in [0.4, 0.5) is 17.1 Å². The lowest BCUT2D eigenvalue weighted by Crippen LogP contribution is -2.11. The fourth-order valence-electron chi connectivity index (χ4n) is 7.93. The van der Waals surface area contributed by atoms with E-state index in [1.165, 1.54) is 47.2 Å². The first-order valence-electron chi connectivity index (χ1n) is 16.9. The van der Waals surface area contributed by atoms with Gasteiger partial charge in [0.2, 0.25) is 0 Å². The highest BCUT2D eigenvalue weighted by Crippen LogP contribution is 2.49. The minimum Gasteiger partial charge on any atom is -0.456 e. The van der Waals surface area contributed by atoms with E-state index >= 15 is 0 Å². The topological polar surface area (TPSA) is 21.3 Å². The second kappa shape index (κ2) is 10.6. The van der Waals surface area contributed by atoms with Gasteiger partial charge in [0.15, 0.2) is 0 Å². The predicted molar refractivity (Wildman–Crippen MR) is 213 cm³/mol. The van der Waals surface area contributed by atoms with Crippen molar-refractivity contribution in [1.82, 2.24) is 4.57 Å². The van der Waals surface area contributed by atoms with Crippen molar-refractivity contribution in [1.29, 1.82) is 0 Å². The summed E-state index contributed by atoms with van der Waals surface area (Å²) >= 11 is 1.87. The van der Waals surface area contributed by atoms with Gasteiger partial charge in [-0.2, -0.15) is 0 Å². The summed E-state index contributed by atoms with van der Waals surface area (Å²) in [5.41, 5.74) is 8.54. The van der Waals surface area contributed by atoms with Gasteiger partial charge in [-0.3, -0.25) is 0 Å². The molecule has 0 radical (unpaired) electrons. The Balaban J connectivity index is 1.27. The minimum absolute atomic E-state index is 0.874. The summed E-state index contributed by atoms with van der Waals surface area (Å²) in [6.07, 6.45) is 0. The molecule has 0 atom stereocenters. The predicted octanol–water partition coefficient (Wildman–Crippen LogP) is 13.7. The third kappa shape index (κ3) is 3.97. The molecular weight excluding hydrogens is 629 g/mol. The van der Waals surface area contributed by atoms with E-state index in [0.717, 1.165) is 50.2 Å². The van der Waals surface area contributed by atoms with E-state index in [9.17, 15) is 0 Å². The van der Waals surface area contributed by atoms with Crippen molar-refractivity contribution in [3.8, 4) is 5.69 Å². The van der Waals surface area contributed by atoms with Crippen LogP contribution >= 0.6 is 11.3 Å². The summed E-state index contributed by atoms with van der Waals surface area (Å²) in [4.78, 5) is 2.45. The number of hydrogen-bond acceptors (Lipinski definition) is 3. The van der Waals surface area contributed by atoms with Gasteiger partial charge in [0, 0.05) is 48.8 Å². The van der Waals surface area contributed by atoms with Gasteiger partial charge in [0.05, 0.1) is 32.8 Å². The molecule has 0 unspecified atom stereocenters. The lowest BCUT2D eigenvalue weighted by molar-refractivity contribution is 0.669. The van der Waals surface area contributed by atoms with E-state index in [-0.39, 0.29) is 0 Å². The number of benzene rings is 8. The Kier molecular flexibility index (Phi) is 5.83. The molecule has 0 aliphatic rings. The number of anilines is 3. The van der Waals surface area contributed by atoms with Gasteiger partial charge in [-0.25, -0.2) is 0 Å². The van der Waals surface area contributed by atoms with Crippen molar-refractivity contribution in [2.75, 3.05) is 4.90 Å². The zero-order valence-electron chi connectivity index (χ0n) is 26.9. The molecule has 0 spiro atoms. The summed E-state index contributed by atoms with van der Waals surface area (Å²) in [5, 5.41) is 9.76. The third-order valence-electron chi connectivity index (χ3n) is 10.1. The maximum atomic E-state index is 6.49. The van der Waals surface area contributed by atoms with Gasteiger partial charge >= 0.3 is 0 Å². The largest absolute Gasteiger partial charge is 0.456 e. The molecule has 4 heteroatoms. The Morgan fingerprint density at radius 2 is 1.14 bits per heavy atom. The molecule has 3 heterocycles. The van der Waals surface area contributed by atoms with Gasteiger partial charge in [-0.05, 0) is 71.4 Å². The van der Waals surface area contributed by atoms with Crippen LogP contribution < -0.4 is 4.90 Å². The van der Waals surface area contributed by atoms with E-state index < -0.39 is 0 Å². The molecule has 0 amide bonds. The summed E-state index contributed by atoms with van der Waals surface area (Å²) in [7, 11) is 0. The van der Waals surface area contributed by atoms with E-state index in [1.807, 2.05) is 23.5 Å². The van der Waals surface area contributed by atoms with Crippen molar-refractivity contribution in [2.45, 2.75) is 0 Å². The monoisotopic (exact) mass is 656 g/mol. The van der Waals surface area contributed by atoms with Crippen molar-refractivity contribution in [3.05, 3.63) is 170 Å². The highest BCUT2D eigenvalue weighted by Gasteiger charge is 2.24. The molecule has 11 aromatic rings. The molecule has 50 heavy (non-hydrogen) atoms. The number of aromatic nitrogens is 1. The van der Waals surface area contributed by atoms with Gasteiger partial charge in [-0.15, -0.1) is 11.3 Å². The van der Waals surface area contributed by atoms with Gasteiger partial charge < -0.3 is 13.9 Å². The summed E-state index contributed by atoms with van der Waals surface area (Å²) in [6, 6.07) is 61.3. The Morgan fingerprint density at radius 1 is 0.460 bits per heavy atom. The Bertz CT molecular complexity index is 3110. The first kappa shape index (κ1) is 27.6. The summed E-state index contributed by atoms with van der Waals surface area (Å²) < 4.78 is 11.5. The zero-order chi connectivity index (χ0) is 32.8. The Labute approximate surface area is 291 Å². The molecule has 0 fully saturated rings. The second-order valence-corrected chi connectivity index (χ2v) is 14.0. The number of fused-ring (bicyclic) bond motifs is 10. The fraction of sp³-hybridized carbons (Fsp3) is 0. The number of nitrogens with zero attached hydrogens (tertiary/aromatic N) is 2. The standard InChI is InChI=1S/C46H28N2OS/c1-2-14-31(15-3-1)48-39-20-8-6-16-33(39)36-18-10-21-40(45(36)48)47(32-24-25-35-34-17-7-9-23-42(34)49-43(35)28-32)41-22-11-19-37-38-26-29-12-4-5-13-30(29)27-44(38)50-46(37)41/h1-28H. The smallest absolute Gasteiger partial charge is 0.137 e. The molecule has 0 aliphatic carbocycles. The normalized spacial score (nSPS) is 12.0. The molecular formula is C46H28N2OS. The highest BCUT2D eigenvalue weighted by molar-refractivity contribution is 7.26. The Morgan fingerprint density at radius 3 is 2.02 bits per heavy atom. The third-order valence-corrected chi connectivity index (χ3v) is 11.3. The molecule has 0 N–H and O–H groups in total. The van der Waals surface area contributed by atoms with Crippen LogP contribution in [-0.4, -0.2) is 4.57 Å². The van der Waals surface area contributed by atoms with Crippen LogP contribution in [0.3, 0.4) is 0 Å². The maximum absolute atomic E-state index is 6.49. The van der Waals surface area contributed by atoms with E-state index in [1.54, 1.807) is 0 Å². The van der Waals surface area contributed by atoms with E-state index in [0.29, 0.717) is 0 Å². The average Bonchev–Trinajstić information content (AvgIpc) is 3.84. The number of rotatable bonds is 4. The number of furan rings is 1. The SMILES string of the molecule is c1ccc(-n2c3ccccc3c3cccc(N(c4ccc5c(c4)oc4ccccc45)c4cccc5c4sc4cc6ccccc6cc45)c32)cc1. The van der Waals surface area contributed by atoms with Crippen LogP contribution in [0.2, 0.25) is 0 Å². The molecule has 0 saturated carbocycles. The molecule has 0 bridgehead atoms. The number of thiophene rings is 1. The van der Waals surface area contributed by atoms with Crippen molar-refractivity contribution in [3.63, 3.8) is 0 Å². The van der Waals surface area contributed by atoms with E-state index in [2.05, 4.69) is 167 Å². The Hall–Kier alpha value is -6.36. The minimum atomic E-state index is 0.874. The zero-order valence-corrected chi connectivity index (χ0v) is 27.7. The highest BCUT2D eigenvalue weighted by atomic mass is 32.1.